The number of nitrogens with zero attached hydrogens (tertiary/aromatic N) is 1. The minimum atomic E-state index is -5.11. The maximum absolute atomic E-state index is 12.6. The first-order chi connectivity index (χ1) is 6.25. The topological polar surface area (TPSA) is 89.0 Å². The first kappa shape index (κ1) is 10.6. The smallest absolute Gasteiger partial charge is 0.300 e. The van der Waals surface area contributed by atoms with E-state index in [1.165, 1.54) is 14.0 Å². The molecule has 0 fully saturated rings. The van der Waals surface area contributed by atoms with Crippen molar-refractivity contribution in [3.63, 3.8) is 0 Å². The van der Waals surface area contributed by atoms with Crippen LogP contribution in [0, 0.1) is 6.92 Å². The normalized spacial score (nSPS) is 11.6. The molecule has 0 amide bonds. The predicted molar refractivity (Wildman–Crippen MR) is 45.3 cm³/mol. The maximum atomic E-state index is 12.6. The van der Waals surface area contributed by atoms with Crippen LogP contribution in [-0.4, -0.2) is 18.0 Å². The van der Waals surface area contributed by atoms with E-state index in [9.17, 15) is 21.9 Å². The third-order valence-corrected chi connectivity index (χ3v) is 2.78. The van der Waals surface area contributed by atoms with Crippen molar-refractivity contribution in [3.8, 4) is 0 Å². The van der Waals surface area contributed by atoms with Gasteiger partial charge in [-0.2, -0.15) is 8.42 Å². The standard InChI is InChI=1S/C6H7FN2O4S/c1-3-4(14(7,12)13)5(10)8-6(11)9(3)2/h1-2H3,(H,8,10,11). The Hall–Kier alpha value is -1.44. The lowest BCUT2D eigenvalue weighted by Gasteiger charge is -2.04. The lowest BCUT2D eigenvalue weighted by atomic mass is 10.4. The zero-order valence-electron chi connectivity index (χ0n) is 7.37. The van der Waals surface area contributed by atoms with Crippen molar-refractivity contribution in [1.29, 1.82) is 0 Å². The number of H-pyrrole nitrogens is 1. The molecule has 0 saturated heterocycles. The summed E-state index contributed by atoms with van der Waals surface area (Å²) in [5, 5.41) is 0. The van der Waals surface area contributed by atoms with Gasteiger partial charge in [0.15, 0.2) is 4.90 Å². The van der Waals surface area contributed by atoms with E-state index in [2.05, 4.69) is 0 Å². The highest BCUT2D eigenvalue weighted by Gasteiger charge is 2.22. The number of rotatable bonds is 1. The largest absolute Gasteiger partial charge is 0.339 e. The molecule has 8 heteroatoms. The van der Waals surface area contributed by atoms with Crippen LogP contribution in [0.15, 0.2) is 14.5 Å². The van der Waals surface area contributed by atoms with E-state index in [0.29, 0.717) is 0 Å². The van der Waals surface area contributed by atoms with E-state index in [0.717, 1.165) is 4.57 Å². The highest BCUT2D eigenvalue weighted by atomic mass is 32.3. The zero-order chi connectivity index (χ0) is 11.1. The molecule has 1 rings (SSSR count). The van der Waals surface area contributed by atoms with Crippen LogP contribution >= 0.6 is 0 Å². The zero-order valence-corrected chi connectivity index (χ0v) is 8.18. The second-order valence-electron chi connectivity index (χ2n) is 2.67. The van der Waals surface area contributed by atoms with E-state index in [-0.39, 0.29) is 5.69 Å². The molecule has 0 aliphatic heterocycles. The van der Waals surface area contributed by atoms with Crippen molar-refractivity contribution < 1.29 is 12.3 Å². The van der Waals surface area contributed by atoms with Crippen LogP contribution in [0.4, 0.5) is 3.89 Å². The Balaban J connectivity index is 3.89. The summed E-state index contributed by atoms with van der Waals surface area (Å²) in [6, 6.07) is 0. The average molecular weight is 222 g/mol. The van der Waals surface area contributed by atoms with Gasteiger partial charge in [0.2, 0.25) is 0 Å². The minimum absolute atomic E-state index is 0.235. The molecule has 0 aliphatic rings. The number of hydrogen-bond donors (Lipinski definition) is 1. The van der Waals surface area contributed by atoms with Gasteiger partial charge in [-0.25, -0.2) is 4.79 Å². The molecule has 78 valence electrons. The molecule has 0 unspecified atom stereocenters. The summed E-state index contributed by atoms with van der Waals surface area (Å²) in [7, 11) is -3.88. The number of halogens is 1. The van der Waals surface area contributed by atoms with Gasteiger partial charge in [0, 0.05) is 12.7 Å². The van der Waals surface area contributed by atoms with Crippen molar-refractivity contribution in [2.75, 3.05) is 0 Å². The van der Waals surface area contributed by atoms with Gasteiger partial charge >= 0.3 is 15.9 Å². The van der Waals surface area contributed by atoms with Crippen LogP contribution in [0.2, 0.25) is 0 Å². The highest BCUT2D eigenvalue weighted by molar-refractivity contribution is 7.86. The monoisotopic (exact) mass is 222 g/mol. The summed E-state index contributed by atoms with van der Waals surface area (Å²) in [4.78, 5) is 22.6. The van der Waals surface area contributed by atoms with E-state index in [1.54, 1.807) is 4.98 Å². The lowest BCUT2D eigenvalue weighted by molar-refractivity contribution is 0.545. The van der Waals surface area contributed by atoms with Gasteiger partial charge in [0.1, 0.15) is 0 Å². The number of aromatic nitrogens is 2. The fraction of sp³-hybridized carbons (Fsp3) is 0.333. The molecular formula is C6H7FN2O4S. The first-order valence-corrected chi connectivity index (χ1v) is 4.88. The number of aromatic amines is 1. The molecule has 1 aromatic rings. The molecular weight excluding hydrogens is 215 g/mol. The van der Waals surface area contributed by atoms with Gasteiger partial charge in [0.25, 0.3) is 5.56 Å². The van der Waals surface area contributed by atoms with E-state index in [4.69, 9.17) is 0 Å². The van der Waals surface area contributed by atoms with Crippen molar-refractivity contribution in [1.82, 2.24) is 9.55 Å². The van der Waals surface area contributed by atoms with E-state index in [1.807, 2.05) is 0 Å². The summed E-state index contributed by atoms with van der Waals surface area (Å²) in [6.45, 7) is 1.17. The van der Waals surface area contributed by atoms with Gasteiger partial charge in [-0.05, 0) is 6.92 Å². The Morgan fingerprint density at radius 2 is 1.86 bits per heavy atom. The molecule has 0 aromatic carbocycles. The number of nitrogens with one attached hydrogen (secondary N) is 1. The van der Waals surface area contributed by atoms with Crippen LogP contribution in [0.3, 0.4) is 0 Å². The van der Waals surface area contributed by atoms with E-state index >= 15 is 0 Å². The molecule has 0 bridgehead atoms. The lowest BCUT2D eigenvalue weighted by Crippen LogP contribution is -2.33. The molecule has 0 radical (unpaired) electrons. The van der Waals surface area contributed by atoms with Gasteiger partial charge in [-0.1, -0.05) is 0 Å². The maximum Gasteiger partial charge on any atom is 0.339 e. The van der Waals surface area contributed by atoms with Crippen LogP contribution in [0.25, 0.3) is 0 Å². The molecule has 6 nitrogen and oxygen atoms in total. The molecule has 0 spiro atoms. The summed E-state index contributed by atoms with van der Waals surface area (Å²) >= 11 is 0. The quantitative estimate of drug-likeness (QED) is 0.620. The van der Waals surface area contributed by atoms with Crippen LogP contribution in [0.1, 0.15) is 5.69 Å². The van der Waals surface area contributed by atoms with Gasteiger partial charge < -0.3 is 0 Å². The summed E-state index contributed by atoms with van der Waals surface area (Å²) < 4.78 is 34.5. The summed E-state index contributed by atoms with van der Waals surface area (Å²) in [6.07, 6.45) is 0. The molecule has 0 aliphatic carbocycles. The van der Waals surface area contributed by atoms with E-state index < -0.39 is 26.4 Å². The SMILES string of the molecule is Cc1c(S(=O)(=O)F)c(=O)[nH]c(=O)n1C. The molecule has 1 aromatic heterocycles. The summed E-state index contributed by atoms with van der Waals surface area (Å²) in [5.41, 5.74) is -2.27. The second-order valence-corrected chi connectivity index (χ2v) is 3.95. The predicted octanol–water partition coefficient (Wildman–Crippen LogP) is -0.960. The van der Waals surface area contributed by atoms with Crippen molar-refractivity contribution in [2.45, 2.75) is 11.8 Å². The van der Waals surface area contributed by atoms with Crippen LogP contribution in [0.5, 0.6) is 0 Å². The minimum Gasteiger partial charge on any atom is -0.300 e. The molecule has 1 heterocycles. The molecule has 0 atom stereocenters. The molecule has 14 heavy (non-hydrogen) atoms. The third kappa shape index (κ3) is 1.60. The molecule has 1 N–H and O–H groups in total. The average Bonchev–Trinajstić information content (AvgIpc) is 1.97. The van der Waals surface area contributed by atoms with Crippen LogP contribution in [-0.2, 0) is 17.3 Å². The fourth-order valence-corrected chi connectivity index (χ4v) is 1.76. The summed E-state index contributed by atoms with van der Waals surface area (Å²) in [5.74, 6) is 0. The highest BCUT2D eigenvalue weighted by Crippen LogP contribution is 2.09. The second kappa shape index (κ2) is 3.05. The Bertz CT molecular complexity index is 583. The Kier molecular flexibility index (Phi) is 2.32. The van der Waals surface area contributed by atoms with Crippen molar-refractivity contribution >= 4 is 10.2 Å². The van der Waals surface area contributed by atoms with Gasteiger partial charge in [0.05, 0.1) is 0 Å². The first-order valence-electron chi connectivity index (χ1n) is 3.49. The molecule has 0 saturated carbocycles. The third-order valence-electron chi connectivity index (χ3n) is 1.81. The van der Waals surface area contributed by atoms with Crippen LogP contribution < -0.4 is 11.2 Å². The Morgan fingerprint density at radius 1 is 1.36 bits per heavy atom. The van der Waals surface area contributed by atoms with Crippen molar-refractivity contribution in [2.24, 2.45) is 7.05 Å². The fourth-order valence-electron chi connectivity index (χ4n) is 0.994. The number of hydrogen-bond acceptors (Lipinski definition) is 4. The van der Waals surface area contributed by atoms with Crippen molar-refractivity contribution in [3.05, 3.63) is 26.5 Å². The Morgan fingerprint density at radius 3 is 2.29 bits per heavy atom. The van der Waals surface area contributed by atoms with Gasteiger partial charge in [-0.3, -0.25) is 14.3 Å². The Labute approximate surface area is 78.2 Å². The van der Waals surface area contributed by atoms with Gasteiger partial charge in [-0.15, -0.1) is 3.89 Å².